The summed E-state index contributed by atoms with van der Waals surface area (Å²) >= 11 is 0. The number of carboxylic acid groups (broad SMARTS) is 1. The van der Waals surface area contributed by atoms with Crippen LogP contribution in [0.3, 0.4) is 0 Å². The van der Waals surface area contributed by atoms with Gasteiger partial charge in [0.2, 0.25) is 5.82 Å². The zero-order valence-corrected chi connectivity index (χ0v) is 10.8. The number of amides is 1. The Kier molecular flexibility index (Phi) is 3.74. The number of primary amides is 1. The fourth-order valence-electron chi connectivity index (χ4n) is 1.93. The highest BCUT2D eigenvalue weighted by Gasteiger charge is 2.20. The lowest BCUT2D eigenvalue weighted by molar-refractivity contribution is 0.0683. The minimum absolute atomic E-state index is 0.0613. The van der Waals surface area contributed by atoms with Gasteiger partial charge in [0, 0.05) is 17.7 Å². The summed E-state index contributed by atoms with van der Waals surface area (Å²) in [4.78, 5) is 29.8. The van der Waals surface area contributed by atoms with Crippen molar-refractivity contribution in [1.82, 2.24) is 9.97 Å². The summed E-state index contributed by atoms with van der Waals surface area (Å²) in [5, 5.41) is 8.86. The maximum absolute atomic E-state index is 11.5. The number of hydrogen-bond donors (Lipinski definition) is 2. The Morgan fingerprint density at radius 1 is 1.25 bits per heavy atom. The van der Waals surface area contributed by atoms with Crippen molar-refractivity contribution in [1.29, 1.82) is 0 Å². The molecule has 20 heavy (non-hydrogen) atoms. The van der Waals surface area contributed by atoms with Gasteiger partial charge in [-0.05, 0) is 5.56 Å². The highest BCUT2D eigenvalue weighted by molar-refractivity contribution is 5.94. The standard InChI is InChI=1S/C14H13N3O3/c1-8(9-5-3-2-4-6-9)10-7-16-13(14(19)20)17-11(10)12(15)18/h2-8H,1H3,(H2,15,18)(H,19,20). The molecule has 102 valence electrons. The average Bonchev–Trinajstić information content (AvgIpc) is 2.46. The van der Waals surface area contributed by atoms with Crippen LogP contribution in [-0.4, -0.2) is 27.0 Å². The summed E-state index contributed by atoms with van der Waals surface area (Å²) in [5.41, 5.74) is 6.68. The molecule has 0 saturated carbocycles. The molecule has 1 unspecified atom stereocenters. The van der Waals surface area contributed by atoms with Crippen molar-refractivity contribution < 1.29 is 14.7 Å². The monoisotopic (exact) mass is 271 g/mol. The van der Waals surface area contributed by atoms with Gasteiger partial charge in [0.05, 0.1) is 0 Å². The van der Waals surface area contributed by atoms with E-state index in [2.05, 4.69) is 9.97 Å². The molecule has 0 bridgehead atoms. The lowest BCUT2D eigenvalue weighted by Gasteiger charge is -2.14. The maximum atomic E-state index is 11.5. The highest BCUT2D eigenvalue weighted by atomic mass is 16.4. The van der Waals surface area contributed by atoms with Crippen molar-refractivity contribution in [2.45, 2.75) is 12.8 Å². The number of nitrogens with two attached hydrogens (primary N) is 1. The van der Waals surface area contributed by atoms with Crippen molar-refractivity contribution in [3.05, 3.63) is 59.2 Å². The fourth-order valence-corrected chi connectivity index (χ4v) is 1.93. The van der Waals surface area contributed by atoms with Crippen molar-refractivity contribution in [3.8, 4) is 0 Å². The Labute approximate surface area is 115 Å². The van der Waals surface area contributed by atoms with E-state index in [9.17, 15) is 9.59 Å². The highest BCUT2D eigenvalue weighted by Crippen LogP contribution is 2.25. The maximum Gasteiger partial charge on any atom is 0.373 e. The normalized spacial score (nSPS) is 11.8. The summed E-state index contributed by atoms with van der Waals surface area (Å²) in [6.07, 6.45) is 1.34. The first-order chi connectivity index (χ1) is 9.50. The summed E-state index contributed by atoms with van der Waals surface area (Å²) in [5.74, 6) is -2.68. The van der Waals surface area contributed by atoms with Crippen LogP contribution in [0.25, 0.3) is 0 Å². The van der Waals surface area contributed by atoms with Crippen LogP contribution in [-0.2, 0) is 0 Å². The predicted molar refractivity (Wildman–Crippen MR) is 71.5 cm³/mol. The van der Waals surface area contributed by atoms with Crippen LogP contribution >= 0.6 is 0 Å². The second-order valence-corrected chi connectivity index (χ2v) is 4.30. The molecule has 0 fully saturated rings. The summed E-state index contributed by atoms with van der Waals surface area (Å²) < 4.78 is 0. The van der Waals surface area contributed by atoms with Crippen LogP contribution in [0.15, 0.2) is 36.5 Å². The van der Waals surface area contributed by atoms with E-state index in [4.69, 9.17) is 10.8 Å². The fraction of sp³-hybridized carbons (Fsp3) is 0.143. The van der Waals surface area contributed by atoms with Crippen molar-refractivity contribution in [2.75, 3.05) is 0 Å². The van der Waals surface area contributed by atoms with Crippen LogP contribution in [0.5, 0.6) is 0 Å². The third-order valence-corrected chi connectivity index (χ3v) is 3.01. The van der Waals surface area contributed by atoms with Crippen molar-refractivity contribution in [3.63, 3.8) is 0 Å². The minimum Gasteiger partial charge on any atom is -0.475 e. The first-order valence-electron chi connectivity index (χ1n) is 5.95. The number of rotatable bonds is 4. The molecule has 0 aliphatic carbocycles. The molecule has 0 aliphatic rings. The molecule has 0 spiro atoms. The first-order valence-corrected chi connectivity index (χ1v) is 5.95. The van der Waals surface area contributed by atoms with Gasteiger partial charge >= 0.3 is 5.97 Å². The van der Waals surface area contributed by atoms with E-state index in [0.29, 0.717) is 5.56 Å². The zero-order chi connectivity index (χ0) is 14.7. The van der Waals surface area contributed by atoms with Gasteiger partial charge in [0.1, 0.15) is 5.69 Å². The van der Waals surface area contributed by atoms with Crippen LogP contribution in [0.2, 0.25) is 0 Å². The number of aromatic nitrogens is 2. The lowest BCUT2D eigenvalue weighted by Crippen LogP contribution is -2.20. The van der Waals surface area contributed by atoms with Crippen LogP contribution < -0.4 is 5.73 Å². The van der Waals surface area contributed by atoms with Gasteiger partial charge in [-0.1, -0.05) is 37.3 Å². The van der Waals surface area contributed by atoms with E-state index >= 15 is 0 Å². The smallest absolute Gasteiger partial charge is 0.373 e. The molecule has 6 heteroatoms. The molecular weight excluding hydrogens is 258 g/mol. The number of nitrogens with zero attached hydrogens (tertiary/aromatic N) is 2. The molecule has 1 heterocycles. The Morgan fingerprint density at radius 3 is 2.45 bits per heavy atom. The van der Waals surface area contributed by atoms with Gasteiger partial charge in [0.15, 0.2) is 0 Å². The van der Waals surface area contributed by atoms with E-state index in [1.807, 2.05) is 37.3 Å². The molecule has 1 aromatic heterocycles. The van der Waals surface area contributed by atoms with Gasteiger partial charge in [-0.3, -0.25) is 4.79 Å². The van der Waals surface area contributed by atoms with Crippen LogP contribution in [0, 0.1) is 0 Å². The van der Waals surface area contributed by atoms with Gasteiger partial charge < -0.3 is 10.8 Å². The number of carboxylic acids is 1. The zero-order valence-electron chi connectivity index (χ0n) is 10.8. The average molecular weight is 271 g/mol. The third kappa shape index (κ3) is 2.64. The Balaban J connectivity index is 2.51. The molecule has 0 aliphatic heterocycles. The van der Waals surface area contributed by atoms with Crippen molar-refractivity contribution >= 4 is 11.9 Å². The molecule has 1 atom stereocenters. The molecule has 6 nitrogen and oxygen atoms in total. The number of hydrogen-bond acceptors (Lipinski definition) is 4. The molecule has 3 N–H and O–H groups in total. The van der Waals surface area contributed by atoms with E-state index < -0.39 is 17.7 Å². The quantitative estimate of drug-likeness (QED) is 0.874. The Hall–Kier alpha value is -2.76. The van der Waals surface area contributed by atoms with E-state index in [-0.39, 0.29) is 11.6 Å². The molecule has 1 aromatic carbocycles. The molecular formula is C14H13N3O3. The van der Waals surface area contributed by atoms with E-state index in [1.165, 1.54) is 6.20 Å². The Morgan fingerprint density at radius 2 is 1.90 bits per heavy atom. The minimum atomic E-state index is -1.30. The van der Waals surface area contributed by atoms with Gasteiger partial charge in [-0.25, -0.2) is 14.8 Å². The van der Waals surface area contributed by atoms with Crippen LogP contribution in [0.4, 0.5) is 0 Å². The largest absolute Gasteiger partial charge is 0.475 e. The molecule has 0 radical (unpaired) electrons. The molecule has 1 amide bonds. The number of aromatic carboxylic acids is 1. The van der Waals surface area contributed by atoms with Gasteiger partial charge in [0.25, 0.3) is 5.91 Å². The SMILES string of the molecule is CC(c1ccccc1)c1cnc(C(=O)O)nc1C(N)=O. The summed E-state index contributed by atoms with van der Waals surface area (Å²) in [7, 11) is 0. The second-order valence-electron chi connectivity index (χ2n) is 4.30. The summed E-state index contributed by atoms with van der Waals surface area (Å²) in [6.45, 7) is 1.88. The first kappa shape index (κ1) is 13.7. The van der Waals surface area contributed by atoms with Gasteiger partial charge in [-0.15, -0.1) is 0 Å². The lowest BCUT2D eigenvalue weighted by atomic mass is 9.93. The number of carbonyl (C=O) groups excluding carboxylic acids is 1. The van der Waals surface area contributed by atoms with Gasteiger partial charge in [-0.2, -0.15) is 0 Å². The van der Waals surface area contributed by atoms with E-state index in [1.54, 1.807) is 0 Å². The summed E-state index contributed by atoms with van der Waals surface area (Å²) in [6, 6.07) is 9.45. The molecule has 2 rings (SSSR count). The number of benzene rings is 1. The van der Waals surface area contributed by atoms with Crippen LogP contribution in [0.1, 0.15) is 45.1 Å². The Bertz CT molecular complexity index is 656. The third-order valence-electron chi connectivity index (χ3n) is 3.01. The number of carbonyl (C=O) groups is 2. The molecule has 0 saturated heterocycles. The topological polar surface area (TPSA) is 106 Å². The predicted octanol–water partition coefficient (Wildman–Crippen LogP) is 1.43. The van der Waals surface area contributed by atoms with E-state index in [0.717, 1.165) is 5.56 Å². The van der Waals surface area contributed by atoms with Crippen molar-refractivity contribution in [2.24, 2.45) is 5.73 Å². The second kappa shape index (κ2) is 5.48. The molecule has 2 aromatic rings.